The topological polar surface area (TPSA) is 42.0 Å². The monoisotopic (exact) mass is 406 g/mol. The zero-order valence-electron chi connectivity index (χ0n) is 9.88. The predicted molar refractivity (Wildman–Crippen MR) is 86.1 cm³/mol. The maximum Gasteiger partial charge on any atom is 0.255 e. The van der Waals surface area contributed by atoms with Crippen LogP contribution in [0.3, 0.4) is 0 Å². The van der Waals surface area contributed by atoms with Gasteiger partial charge in [0.25, 0.3) is 5.91 Å². The minimum Gasteiger partial charge on any atom is -0.322 e. The number of hydrogen-bond donors (Lipinski definition) is 1. The molecule has 6 heteroatoms. The van der Waals surface area contributed by atoms with Crippen molar-refractivity contribution in [2.24, 2.45) is 0 Å². The fourth-order valence-electron chi connectivity index (χ4n) is 1.56. The first-order chi connectivity index (χ1) is 8.95. The Labute approximate surface area is 134 Å². The molecule has 0 unspecified atom stereocenters. The van der Waals surface area contributed by atoms with Gasteiger partial charge in [-0.05, 0) is 65.4 Å². The molecule has 1 aromatic heterocycles. The smallest absolute Gasteiger partial charge is 0.255 e. The number of amides is 1. The second kappa shape index (κ2) is 6.07. The van der Waals surface area contributed by atoms with Gasteiger partial charge in [0.1, 0.15) is 10.3 Å². The second-order valence-corrected chi connectivity index (χ2v) is 5.93. The van der Waals surface area contributed by atoms with Crippen LogP contribution in [-0.2, 0) is 0 Å². The molecule has 0 atom stereocenters. The summed E-state index contributed by atoms with van der Waals surface area (Å²) in [6.45, 7) is 1.93. The van der Waals surface area contributed by atoms with Gasteiger partial charge < -0.3 is 5.32 Å². The van der Waals surface area contributed by atoms with E-state index in [4.69, 9.17) is 23.2 Å². The summed E-state index contributed by atoms with van der Waals surface area (Å²) in [5, 5.41) is 3.20. The van der Waals surface area contributed by atoms with Gasteiger partial charge in [-0.2, -0.15) is 0 Å². The third-order valence-electron chi connectivity index (χ3n) is 2.46. The number of rotatable bonds is 2. The Morgan fingerprint density at radius 2 is 1.84 bits per heavy atom. The molecule has 0 aliphatic carbocycles. The van der Waals surface area contributed by atoms with Crippen LogP contribution in [0.5, 0.6) is 0 Å². The normalized spacial score (nSPS) is 10.3. The maximum absolute atomic E-state index is 12.1. The van der Waals surface area contributed by atoms with Crippen molar-refractivity contribution >= 4 is 57.4 Å². The van der Waals surface area contributed by atoms with Crippen molar-refractivity contribution in [3.63, 3.8) is 0 Å². The molecule has 1 heterocycles. The van der Waals surface area contributed by atoms with Crippen molar-refractivity contribution in [1.82, 2.24) is 4.98 Å². The second-order valence-electron chi connectivity index (χ2n) is 3.91. The van der Waals surface area contributed by atoms with Crippen molar-refractivity contribution in [1.29, 1.82) is 0 Å². The van der Waals surface area contributed by atoms with Crippen LogP contribution in [0, 0.1) is 10.5 Å². The van der Waals surface area contributed by atoms with Gasteiger partial charge in [-0.15, -0.1) is 0 Å². The molecule has 0 spiro atoms. The van der Waals surface area contributed by atoms with E-state index in [0.717, 1.165) is 14.8 Å². The van der Waals surface area contributed by atoms with Crippen molar-refractivity contribution in [2.75, 3.05) is 5.32 Å². The summed E-state index contributed by atoms with van der Waals surface area (Å²) < 4.78 is 1.11. The summed E-state index contributed by atoms with van der Waals surface area (Å²) in [6, 6.07) is 8.73. The highest BCUT2D eigenvalue weighted by atomic mass is 127. The number of aryl methyl sites for hydroxylation is 1. The van der Waals surface area contributed by atoms with Crippen LogP contribution in [0.1, 0.15) is 15.9 Å². The first-order valence-electron chi connectivity index (χ1n) is 5.36. The van der Waals surface area contributed by atoms with Crippen molar-refractivity contribution in [2.45, 2.75) is 6.92 Å². The molecule has 0 fully saturated rings. The predicted octanol–water partition coefficient (Wildman–Crippen LogP) is 4.55. The molecule has 98 valence electrons. The zero-order valence-corrected chi connectivity index (χ0v) is 13.5. The number of hydrogen-bond acceptors (Lipinski definition) is 2. The summed E-state index contributed by atoms with van der Waals surface area (Å²) in [5.74, 6) is -0.268. The fourth-order valence-corrected chi connectivity index (χ4v) is 2.67. The van der Waals surface area contributed by atoms with E-state index in [0.29, 0.717) is 5.56 Å². The van der Waals surface area contributed by atoms with Gasteiger partial charge >= 0.3 is 0 Å². The van der Waals surface area contributed by atoms with Gasteiger partial charge in [0.05, 0.1) is 0 Å². The Morgan fingerprint density at radius 3 is 2.42 bits per heavy atom. The average Bonchev–Trinajstić information content (AvgIpc) is 2.31. The van der Waals surface area contributed by atoms with Crippen molar-refractivity contribution < 1.29 is 4.79 Å². The zero-order chi connectivity index (χ0) is 14.0. The van der Waals surface area contributed by atoms with Crippen LogP contribution < -0.4 is 5.32 Å². The first kappa shape index (κ1) is 14.6. The lowest BCUT2D eigenvalue weighted by Gasteiger charge is -2.09. The van der Waals surface area contributed by atoms with E-state index in [1.165, 1.54) is 12.1 Å². The number of nitrogens with zero attached hydrogens (tertiary/aromatic N) is 1. The van der Waals surface area contributed by atoms with E-state index in [1.54, 1.807) is 0 Å². The molecule has 19 heavy (non-hydrogen) atoms. The standard InChI is InChI=1S/C13H9Cl2IN2O/c1-7-4-9(16)2-3-10(7)17-13(19)8-5-11(14)18-12(15)6-8/h2-6H,1H3,(H,17,19). The highest BCUT2D eigenvalue weighted by Gasteiger charge is 2.10. The molecular weight excluding hydrogens is 398 g/mol. The van der Waals surface area contributed by atoms with E-state index in [9.17, 15) is 4.79 Å². The van der Waals surface area contributed by atoms with E-state index in [-0.39, 0.29) is 16.2 Å². The molecule has 0 bridgehead atoms. The van der Waals surface area contributed by atoms with E-state index < -0.39 is 0 Å². The van der Waals surface area contributed by atoms with E-state index in [2.05, 4.69) is 32.9 Å². The molecular formula is C13H9Cl2IN2O. The maximum atomic E-state index is 12.1. The molecule has 2 aromatic rings. The van der Waals surface area contributed by atoms with Crippen LogP contribution in [0.15, 0.2) is 30.3 Å². The SMILES string of the molecule is Cc1cc(I)ccc1NC(=O)c1cc(Cl)nc(Cl)c1. The van der Waals surface area contributed by atoms with Gasteiger partial charge in [-0.3, -0.25) is 4.79 Å². The van der Waals surface area contributed by atoms with Crippen LogP contribution in [0.4, 0.5) is 5.69 Å². The van der Waals surface area contributed by atoms with Gasteiger partial charge in [-0.25, -0.2) is 4.98 Å². The lowest BCUT2D eigenvalue weighted by atomic mass is 10.2. The number of halogens is 3. The Bertz CT molecular complexity index is 626. The summed E-state index contributed by atoms with van der Waals surface area (Å²) in [4.78, 5) is 15.9. The minimum atomic E-state index is -0.268. The Kier molecular flexibility index (Phi) is 4.65. The van der Waals surface area contributed by atoms with Gasteiger partial charge in [0.2, 0.25) is 0 Å². The van der Waals surface area contributed by atoms with Crippen LogP contribution >= 0.6 is 45.8 Å². The summed E-state index contributed by atoms with van der Waals surface area (Å²) >= 11 is 13.8. The van der Waals surface area contributed by atoms with Crippen molar-refractivity contribution in [3.8, 4) is 0 Å². The van der Waals surface area contributed by atoms with Gasteiger partial charge in [0, 0.05) is 14.8 Å². The largest absolute Gasteiger partial charge is 0.322 e. The highest BCUT2D eigenvalue weighted by molar-refractivity contribution is 14.1. The Balaban J connectivity index is 2.25. The third kappa shape index (κ3) is 3.81. The lowest BCUT2D eigenvalue weighted by Crippen LogP contribution is -2.13. The Morgan fingerprint density at radius 1 is 1.21 bits per heavy atom. The summed E-state index contributed by atoms with van der Waals surface area (Å²) in [7, 11) is 0. The third-order valence-corrected chi connectivity index (χ3v) is 3.52. The van der Waals surface area contributed by atoms with Crippen LogP contribution in [-0.4, -0.2) is 10.9 Å². The number of carbonyl (C=O) groups is 1. The van der Waals surface area contributed by atoms with Crippen LogP contribution in [0.25, 0.3) is 0 Å². The quantitative estimate of drug-likeness (QED) is 0.587. The minimum absolute atomic E-state index is 0.192. The molecule has 1 N–H and O–H groups in total. The number of nitrogens with one attached hydrogen (secondary N) is 1. The number of carbonyl (C=O) groups excluding carboxylic acids is 1. The average molecular weight is 407 g/mol. The number of pyridine rings is 1. The highest BCUT2D eigenvalue weighted by Crippen LogP contribution is 2.20. The molecule has 3 nitrogen and oxygen atoms in total. The van der Waals surface area contributed by atoms with Gasteiger partial charge in [0.15, 0.2) is 0 Å². The van der Waals surface area contributed by atoms with E-state index in [1.807, 2.05) is 25.1 Å². The van der Waals surface area contributed by atoms with Gasteiger partial charge in [-0.1, -0.05) is 23.2 Å². The molecule has 0 aliphatic heterocycles. The number of anilines is 1. The molecule has 0 aliphatic rings. The van der Waals surface area contributed by atoms with Crippen molar-refractivity contribution in [3.05, 3.63) is 55.3 Å². The molecule has 1 amide bonds. The molecule has 1 aromatic carbocycles. The summed E-state index contributed by atoms with van der Waals surface area (Å²) in [5.41, 5.74) is 2.13. The summed E-state index contributed by atoms with van der Waals surface area (Å²) in [6.07, 6.45) is 0. The molecule has 0 saturated carbocycles. The molecule has 2 rings (SSSR count). The molecule has 0 saturated heterocycles. The Hall–Kier alpha value is -0.850. The van der Waals surface area contributed by atoms with E-state index >= 15 is 0 Å². The number of aromatic nitrogens is 1. The first-order valence-corrected chi connectivity index (χ1v) is 7.20. The molecule has 0 radical (unpaired) electrons. The van der Waals surface area contributed by atoms with Crippen LogP contribution in [0.2, 0.25) is 10.3 Å². The lowest BCUT2D eigenvalue weighted by molar-refractivity contribution is 0.102. The fraction of sp³-hybridized carbons (Fsp3) is 0.0769. The number of benzene rings is 1.